The summed E-state index contributed by atoms with van der Waals surface area (Å²) in [5, 5.41) is 2.27. The van der Waals surface area contributed by atoms with Crippen molar-refractivity contribution < 1.29 is 0 Å². The molecular weight excluding hydrogens is 148 g/mol. The number of aromatic nitrogens is 1. The minimum Gasteiger partial charge on any atom is -0.325 e. The Kier molecular flexibility index (Phi) is 1.76. The highest BCUT2D eigenvalue weighted by molar-refractivity contribution is 5.84. The van der Waals surface area contributed by atoms with E-state index in [9.17, 15) is 0 Å². The topological polar surface area (TPSA) is 38.9 Å². The lowest BCUT2D eigenvalue weighted by Gasteiger charge is -2.00. The lowest BCUT2D eigenvalue weighted by Crippen LogP contribution is -1.99. The fraction of sp³-hybridized carbons (Fsp3) is 0.100. The highest BCUT2D eigenvalue weighted by Gasteiger charge is 1.97. The van der Waals surface area contributed by atoms with E-state index in [1.165, 1.54) is 0 Å². The van der Waals surface area contributed by atoms with E-state index < -0.39 is 0 Å². The van der Waals surface area contributed by atoms with Gasteiger partial charge in [-0.25, -0.2) is 4.98 Å². The lowest BCUT2D eigenvalue weighted by atomic mass is 10.1. The van der Waals surface area contributed by atoms with Crippen LogP contribution >= 0.6 is 0 Å². The molecule has 0 aliphatic carbocycles. The SMILES string of the molecule is NCc1n[c]cc2ccccc12. The van der Waals surface area contributed by atoms with Gasteiger partial charge in [0.15, 0.2) is 0 Å². The molecule has 0 fully saturated rings. The van der Waals surface area contributed by atoms with E-state index in [1.54, 1.807) is 0 Å². The second-order valence-electron chi connectivity index (χ2n) is 2.62. The molecular formula is C10H9N2. The second-order valence-corrected chi connectivity index (χ2v) is 2.62. The van der Waals surface area contributed by atoms with E-state index in [0.29, 0.717) is 6.54 Å². The van der Waals surface area contributed by atoms with Gasteiger partial charge in [0.25, 0.3) is 0 Å². The van der Waals surface area contributed by atoms with Gasteiger partial charge in [-0.05, 0) is 11.5 Å². The van der Waals surface area contributed by atoms with Crippen LogP contribution in [0.2, 0.25) is 0 Å². The zero-order valence-corrected chi connectivity index (χ0v) is 6.62. The molecule has 1 aromatic heterocycles. The van der Waals surface area contributed by atoms with Crippen LogP contribution in [0.25, 0.3) is 10.8 Å². The van der Waals surface area contributed by atoms with Crippen LogP contribution in [0.5, 0.6) is 0 Å². The van der Waals surface area contributed by atoms with E-state index in [2.05, 4.69) is 11.2 Å². The number of benzene rings is 1. The Morgan fingerprint density at radius 1 is 1.33 bits per heavy atom. The summed E-state index contributed by atoms with van der Waals surface area (Å²) in [4.78, 5) is 4.08. The average Bonchev–Trinajstić information content (AvgIpc) is 2.17. The third kappa shape index (κ3) is 1.06. The molecule has 2 rings (SSSR count). The molecule has 2 nitrogen and oxygen atoms in total. The van der Waals surface area contributed by atoms with Crippen LogP contribution in [0.4, 0.5) is 0 Å². The summed E-state index contributed by atoms with van der Waals surface area (Å²) < 4.78 is 0. The van der Waals surface area contributed by atoms with Gasteiger partial charge in [0.1, 0.15) is 0 Å². The minimum atomic E-state index is 0.470. The Bertz CT molecular complexity index is 390. The fourth-order valence-electron chi connectivity index (χ4n) is 1.28. The van der Waals surface area contributed by atoms with Gasteiger partial charge in [-0.3, -0.25) is 0 Å². The Morgan fingerprint density at radius 2 is 2.17 bits per heavy atom. The Labute approximate surface area is 71.0 Å². The maximum atomic E-state index is 5.53. The van der Waals surface area contributed by atoms with Crippen LogP contribution in [0.1, 0.15) is 5.69 Å². The maximum Gasteiger partial charge on any atom is 0.0896 e. The third-order valence-electron chi connectivity index (χ3n) is 1.88. The van der Waals surface area contributed by atoms with Crippen LogP contribution in [0.3, 0.4) is 0 Å². The predicted octanol–water partition coefficient (Wildman–Crippen LogP) is 1.49. The summed E-state index contributed by atoms with van der Waals surface area (Å²) in [6, 6.07) is 9.92. The number of fused-ring (bicyclic) bond motifs is 1. The van der Waals surface area contributed by atoms with Gasteiger partial charge in [0.05, 0.1) is 11.9 Å². The molecule has 1 heterocycles. The summed E-state index contributed by atoms with van der Waals surface area (Å²) in [7, 11) is 0. The Hall–Kier alpha value is -1.41. The Balaban J connectivity index is 2.79. The van der Waals surface area contributed by atoms with Crippen LogP contribution in [0, 0.1) is 6.20 Å². The largest absolute Gasteiger partial charge is 0.325 e. The summed E-state index contributed by atoms with van der Waals surface area (Å²) in [6.45, 7) is 0.470. The van der Waals surface area contributed by atoms with Crippen molar-refractivity contribution in [3.05, 3.63) is 42.2 Å². The second kappa shape index (κ2) is 2.91. The number of hydrogen-bond donors (Lipinski definition) is 1. The highest BCUT2D eigenvalue weighted by Crippen LogP contribution is 2.14. The molecule has 0 atom stereocenters. The van der Waals surface area contributed by atoms with Crippen molar-refractivity contribution >= 4 is 10.8 Å². The zero-order chi connectivity index (χ0) is 8.39. The van der Waals surface area contributed by atoms with E-state index in [1.807, 2.05) is 30.3 Å². The number of nitrogens with two attached hydrogens (primary N) is 1. The molecule has 1 aromatic carbocycles. The number of rotatable bonds is 1. The van der Waals surface area contributed by atoms with Gasteiger partial charge in [-0.15, -0.1) is 0 Å². The van der Waals surface area contributed by atoms with Crippen molar-refractivity contribution in [2.75, 3.05) is 0 Å². The monoisotopic (exact) mass is 157 g/mol. The highest BCUT2D eigenvalue weighted by atomic mass is 14.7. The van der Waals surface area contributed by atoms with Gasteiger partial charge < -0.3 is 5.73 Å². The molecule has 12 heavy (non-hydrogen) atoms. The van der Waals surface area contributed by atoms with Crippen molar-refractivity contribution in [3.8, 4) is 0 Å². The van der Waals surface area contributed by atoms with Gasteiger partial charge in [0.2, 0.25) is 0 Å². The normalized spacial score (nSPS) is 10.4. The molecule has 0 spiro atoms. The molecule has 2 N–H and O–H groups in total. The van der Waals surface area contributed by atoms with Gasteiger partial charge in [-0.1, -0.05) is 24.3 Å². The van der Waals surface area contributed by atoms with Gasteiger partial charge >= 0.3 is 0 Å². The quantitative estimate of drug-likeness (QED) is 0.681. The standard InChI is InChI=1S/C10H9N2/c11-7-10-9-4-2-1-3-8(9)5-6-12-10/h1-5H,7,11H2. The van der Waals surface area contributed by atoms with Crippen molar-refractivity contribution in [3.63, 3.8) is 0 Å². The van der Waals surface area contributed by atoms with Gasteiger partial charge in [-0.2, -0.15) is 0 Å². The molecule has 0 aliphatic heterocycles. The maximum absolute atomic E-state index is 5.53. The summed E-state index contributed by atoms with van der Waals surface area (Å²) in [6.07, 6.45) is 2.82. The smallest absolute Gasteiger partial charge is 0.0896 e. The van der Waals surface area contributed by atoms with Crippen LogP contribution < -0.4 is 5.73 Å². The molecule has 1 radical (unpaired) electrons. The van der Waals surface area contributed by atoms with Crippen LogP contribution in [0.15, 0.2) is 30.3 Å². The van der Waals surface area contributed by atoms with Gasteiger partial charge in [0, 0.05) is 11.9 Å². The Morgan fingerprint density at radius 3 is 3.00 bits per heavy atom. The van der Waals surface area contributed by atoms with Crippen molar-refractivity contribution in [1.29, 1.82) is 0 Å². The van der Waals surface area contributed by atoms with Crippen LogP contribution in [-0.2, 0) is 6.54 Å². The zero-order valence-electron chi connectivity index (χ0n) is 6.62. The van der Waals surface area contributed by atoms with E-state index in [-0.39, 0.29) is 0 Å². The molecule has 2 aromatic rings. The van der Waals surface area contributed by atoms with Crippen molar-refractivity contribution in [2.24, 2.45) is 5.73 Å². The van der Waals surface area contributed by atoms with E-state index >= 15 is 0 Å². The molecule has 0 saturated carbocycles. The number of pyridine rings is 1. The molecule has 59 valence electrons. The molecule has 2 heteroatoms. The first kappa shape index (κ1) is 7.25. The third-order valence-corrected chi connectivity index (χ3v) is 1.88. The van der Waals surface area contributed by atoms with Crippen molar-refractivity contribution in [1.82, 2.24) is 4.98 Å². The summed E-state index contributed by atoms with van der Waals surface area (Å²) in [5.74, 6) is 0. The molecule has 0 bridgehead atoms. The number of nitrogens with zero attached hydrogens (tertiary/aromatic N) is 1. The lowest BCUT2D eigenvalue weighted by molar-refractivity contribution is 1.01. The van der Waals surface area contributed by atoms with E-state index in [4.69, 9.17) is 5.73 Å². The first-order chi connectivity index (χ1) is 5.92. The molecule has 0 amide bonds. The minimum absolute atomic E-state index is 0.470. The van der Waals surface area contributed by atoms with Crippen LogP contribution in [-0.4, -0.2) is 4.98 Å². The molecule has 0 aliphatic rings. The van der Waals surface area contributed by atoms with E-state index in [0.717, 1.165) is 16.5 Å². The molecule has 0 unspecified atom stereocenters. The average molecular weight is 157 g/mol. The first-order valence-corrected chi connectivity index (χ1v) is 3.86. The van der Waals surface area contributed by atoms with Crippen molar-refractivity contribution in [2.45, 2.75) is 6.54 Å². The summed E-state index contributed by atoms with van der Waals surface area (Å²) in [5.41, 5.74) is 6.44. The number of hydrogen-bond acceptors (Lipinski definition) is 2. The fourth-order valence-corrected chi connectivity index (χ4v) is 1.28. The first-order valence-electron chi connectivity index (χ1n) is 3.86. The summed E-state index contributed by atoms with van der Waals surface area (Å²) >= 11 is 0. The molecule has 0 saturated heterocycles. The predicted molar refractivity (Wildman–Crippen MR) is 48.5 cm³/mol.